The molecule has 0 unspecified atom stereocenters. The van der Waals surface area contributed by atoms with E-state index in [9.17, 15) is 5.11 Å². The molecule has 25 heavy (non-hydrogen) atoms. The SMILES string of the molecule is CCSc1nc2n(n1)[C@H](c1ccccc1)C=C(c1ccccc1O)N2. The third-order valence-corrected chi connectivity index (χ3v) is 4.77. The maximum absolute atomic E-state index is 10.2. The monoisotopic (exact) mass is 350 g/mol. The van der Waals surface area contributed by atoms with Gasteiger partial charge in [-0.15, -0.1) is 5.10 Å². The van der Waals surface area contributed by atoms with Crippen molar-refractivity contribution in [1.82, 2.24) is 14.8 Å². The van der Waals surface area contributed by atoms with Crippen molar-refractivity contribution in [3.63, 3.8) is 0 Å². The fourth-order valence-corrected chi connectivity index (χ4v) is 3.46. The maximum Gasteiger partial charge on any atom is 0.227 e. The summed E-state index contributed by atoms with van der Waals surface area (Å²) in [5.41, 5.74) is 2.71. The Morgan fingerprint density at radius 3 is 2.64 bits per heavy atom. The Bertz CT molecular complexity index is 920. The number of phenols is 1. The summed E-state index contributed by atoms with van der Waals surface area (Å²) in [6.45, 7) is 2.08. The molecule has 0 spiro atoms. The molecule has 1 atom stereocenters. The molecule has 0 radical (unpaired) electrons. The van der Waals surface area contributed by atoms with E-state index in [1.807, 2.05) is 41.1 Å². The van der Waals surface area contributed by atoms with Crippen molar-refractivity contribution in [2.24, 2.45) is 0 Å². The van der Waals surface area contributed by atoms with Crippen LogP contribution in [0.2, 0.25) is 0 Å². The summed E-state index contributed by atoms with van der Waals surface area (Å²) < 4.78 is 1.90. The van der Waals surface area contributed by atoms with Gasteiger partial charge in [-0.1, -0.05) is 61.2 Å². The van der Waals surface area contributed by atoms with Crippen molar-refractivity contribution >= 4 is 23.4 Å². The first-order valence-electron chi connectivity index (χ1n) is 8.17. The van der Waals surface area contributed by atoms with Gasteiger partial charge < -0.3 is 10.4 Å². The summed E-state index contributed by atoms with van der Waals surface area (Å²) in [4.78, 5) is 4.60. The van der Waals surface area contributed by atoms with Gasteiger partial charge in [-0.3, -0.25) is 0 Å². The summed E-state index contributed by atoms with van der Waals surface area (Å²) >= 11 is 1.61. The number of thioether (sulfide) groups is 1. The van der Waals surface area contributed by atoms with Crippen LogP contribution in [-0.2, 0) is 0 Å². The zero-order valence-electron chi connectivity index (χ0n) is 13.8. The van der Waals surface area contributed by atoms with Crippen molar-refractivity contribution in [1.29, 1.82) is 0 Å². The molecule has 0 bridgehead atoms. The molecular weight excluding hydrogens is 332 g/mol. The number of para-hydroxylation sites is 1. The fraction of sp³-hybridized carbons (Fsp3) is 0.158. The van der Waals surface area contributed by atoms with E-state index in [0.717, 1.165) is 27.7 Å². The molecule has 0 aliphatic carbocycles. The lowest BCUT2D eigenvalue weighted by Crippen LogP contribution is -2.20. The predicted molar refractivity (Wildman–Crippen MR) is 101 cm³/mol. The molecule has 0 amide bonds. The van der Waals surface area contributed by atoms with Crippen LogP contribution in [-0.4, -0.2) is 25.6 Å². The van der Waals surface area contributed by atoms with Crippen LogP contribution in [0.15, 0.2) is 65.8 Å². The highest BCUT2D eigenvalue weighted by Gasteiger charge is 2.25. The Morgan fingerprint density at radius 2 is 1.88 bits per heavy atom. The van der Waals surface area contributed by atoms with Crippen molar-refractivity contribution in [2.75, 3.05) is 11.1 Å². The van der Waals surface area contributed by atoms with Crippen LogP contribution in [0.3, 0.4) is 0 Å². The number of nitrogens with zero attached hydrogens (tertiary/aromatic N) is 3. The molecule has 6 heteroatoms. The zero-order valence-corrected chi connectivity index (χ0v) is 14.6. The topological polar surface area (TPSA) is 63.0 Å². The number of benzene rings is 2. The second-order valence-corrected chi connectivity index (χ2v) is 6.90. The lowest BCUT2D eigenvalue weighted by Gasteiger charge is -2.24. The van der Waals surface area contributed by atoms with Gasteiger partial charge in [-0.05, 0) is 29.5 Å². The molecule has 1 aliphatic heterocycles. The van der Waals surface area contributed by atoms with Gasteiger partial charge in [0.05, 0.1) is 5.70 Å². The number of hydrogen-bond donors (Lipinski definition) is 2. The third-order valence-electron chi connectivity index (χ3n) is 4.06. The minimum absolute atomic E-state index is 0.0780. The van der Waals surface area contributed by atoms with E-state index < -0.39 is 0 Å². The van der Waals surface area contributed by atoms with Gasteiger partial charge >= 0.3 is 0 Å². The van der Waals surface area contributed by atoms with E-state index in [4.69, 9.17) is 0 Å². The minimum atomic E-state index is -0.0780. The highest BCUT2D eigenvalue weighted by atomic mass is 32.2. The van der Waals surface area contributed by atoms with Gasteiger partial charge in [0.1, 0.15) is 11.8 Å². The largest absolute Gasteiger partial charge is 0.507 e. The number of nitrogens with one attached hydrogen (secondary N) is 1. The number of fused-ring (bicyclic) bond motifs is 1. The quantitative estimate of drug-likeness (QED) is 0.692. The van der Waals surface area contributed by atoms with Crippen molar-refractivity contribution in [2.45, 2.75) is 18.1 Å². The number of phenolic OH excluding ortho intramolecular Hbond substituents is 1. The molecule has 126 valence electrons. The average Bonchev–Trinajstić information content (AvgIpc) is 3.05. The molecule has 4 rings (SSSR count). The van der Waals surface area contributed by atoms with Crippen LogP contribution in [0.4, 0.5) is 5.95 Å². The Morgan fingerprint density at radius 1 is 1.12 bits per heavy atom. The fourth-order valence-electron chi connectivity index (χ4n) is 2.91. The first-order chi connectivity index (χ1) is 12.3. The predicted octanol–water partition coefficient (Wildman–Crippen LogP) is 4.15. The first kappa shape index (κ1) is 15.8. The zero-order chi connectivity index (χ0) is 17.2. The number of rotatable bonds is 4. The lowest BCUT2D eigenvalue weighted by atomic mass is 10.0. The van der Waals surface area contributed by atoms with Gasteiger partial charge in [0.2, 0.25) is 11.1 Å². The Labute approximate surface area is 150 Å². The summed E-state index contributed by atoms with van der Waals surface area (Å²) in [5, 5.41) is 18.9. The number of aromatic nitrogens is 3. The average molecular weight is 350 g/mol. The Balaban J connectivity index is 1.83. The number of aromatic hydroxyl groups is 1. The molecular formula is C19H18N4OS. The van der Waals surface area contributed by atoms with Gasteiger partial charge in [0, 0.05) is 5.56 Å². The standard InChI is InChI=1S/C19H18N4OS/c1-2-25-19-21-18-20-15(14-10-6-7-11-17(14)24)12-16(23(18)22-19)13-8-4-3-5-9-13/h3-12,16,24H,2H2,1H3,(H,20,21,22)/t16-/m0/s1. The van der Waals surface area contributed by atoms with Crippen molar-refractivity contribution < 1.29 is 5.11 Å². The molecule has 2 aromatic carbocycles. The van der Waals surface area contributed by atoms with Crippen LogP contribution in [0.1, 0.15) is 24.1 Å². The van der Waals surface area contributed by atoms with E-state index >= 15 is 0 Å². The summed E-state index contributed by atoms with van der Waals surface area (Å²) in [6, 6.07) is 17.4. The number of hydrogen-bond acceptors (Lipinski definition) is 5. The Kier molecular flexibility index (Phi) is 4.19. The normalized spacial score (nSPS) is 16.0. The molecule has 5 nitrogen and oxygen atoms in total. The van der Waals surface area contributed by atoms with Crippen LogP contribution in [0.5, 0.6) is 5.75 Å². The molecule has 1 aliphatic rings. The highest BCUT2D eigenvalue weighted by Crippen LogP contribution is 2.35. The van der Waals surface area contributed by atoms with Crippen LogP contribution < -0.4 is 5.32 Å². The van der Waals surface area contributed by atoms with Crippen molar-refractivity contribution in [3.05, 3.63) is 71.8 Å². The number of allylic oxidation sites excluding steroid dienone is 1. The van der Waals surface area contributed by atoms with E-state index in [2.05, 4.69) is 40.5 Å². The second-order valence-electron chi connectivity index (χ2n) is 5.67. The van der Waals surface area contributed by atoms with E-state index in [-0.39, 0.29) is 11.8 Å². The lowest BCUT2D eigenvalue weighted by molar-refractivity contribution is 0.473. The molecule has 2 heterocycles. The third kappa shape index (κ3) is 3.00. The van der Waals surface area contributed by atoms with Gasteiger partial charge in [-0.25, -0.2) is 4.68 Å². The van der Waals surface area contributed by atoms with Crippen LogP contribution in [0.25, 0.3) is 5.70 Å². The molecule has 3 aromatic rings. The van der Waals surface area contributed by atoms with Crippen molar-refractivity contribution in [3.8, 4) is 5.75 Å². The summed E-state index contributed by atoms with van der Waals surface area (Å²) in [6.07, 6.45) is 2.08. The Hall–Kier alpha value is -2.73. The molecule has 0 saturated carbocycles. The summed E-state index contributed by atoms with van der Waals surface area (Å²) in [7, 11) is 0. The van der Waals surface area contributed by atoms with Gasteiger partial charge in [0.15, 0.2) is 0 Å². The molecule has 0 saturated heterocycles. The van der Waals surface area contributed by atoms with Gasteiger partial charge in [-0.2, -0.15) is 4.98 Å². The van der Waals surface area contributed by atoms with E-state index in [1.54, 1.807) is 17.8 Å². The highest BCUT2D eigenvalue weighted by molar-refractivity contribution is 7.99. The maximum atomic E-state index is 10.2. The molecule has 0 fully saturated rings. The number of anilines is 1. The van der Waals surface area contributed by atoms with Gasteiger partial charge in [0.25, 0.3) is 0 Å². The smallest absolute Gasteiger partial charge is 0.227 e. The second kappa shape index (κ2) is 6.64. The minimum Gasteiger partial charge on any atom is -0.507 e. The molecule has 1 aromatic heterocycles. The van der Waals surface area contributed by atoms with Crippen LogP contribution in [0, 0.1) is 0 Å². The van der Waals surface area contributed by atoms with E-state index in [1.165, 1.54) is 0 Å². The van der Waals surface area contributed by atoms with E-state index in [0.29, 0.717) is 5.95 Å². The first-order valence-corrected chi connectivity index (χ1v) is 9.16. The molecule has 2 N–H and O–H groups in total. The summed E-state index contributed by atoms with van der Waals surface area (Å²) in [5.74, 6) is 1.84. The van der Waals surface area contributed by atoms with Crippen LogP contribution >= 0.6 is 11.8 Å².